The zero-order chi connectivity index (χ0) is 13.7. The minimum Gasteiger partial charge on any atom is -0.481 e. The molecule has 5 nitrogen and oxygen atoms in total. The van der Waals surface area contributed by atoms with Crippen LogP contribution in [0.4, 0.5) is 0 Å². The van der Waals surface area contributed by atoms with Gasteiger partial charge in [0.15, 0.2) is 6.10 Å². The number of ether oxygens (including phenoxy) is 1. The van der Waals surface area contributed by atoms with Crippen LogP contribution in [0.1, 0.15) is 12.6 Å². The van der Waals surface area contributed by atoms with E-state index >= 15 is 0 Å². The van der Waals surface area contributed by atoms with E-state index in [1.165, 1.54) is 0 Å². The minimum atomic E-state index is -0.580. The van der Waals surface area contributed by atoms with E-state index in [9.17, 15) is 4.79 Å². The van der Waals surface area contributed by atoms with E-state index < -0.39 is 6.10 Å². The average molecular weight is 280 g/mol. The van der Waals surface area contributed by atoms with Gasteiger partial charge in [-0.1, -0.05) is 11.6 Å². The van der Waals surface area contributed by atoms with Crippen molar-refractivity contribution in [1.29, 1.82) is 0 Å². The molecule has 0 spiro atoms. The monoisotopic (exact) mass is 279 g/mol. The van der Waals surface area contributed by atoms with Crippen molar-refractivity contribution in [3.05, 3.63) is 47.5 Å². The molecule has 1 heterocycles. The predicted octanol–water partition coefficient (Wildman–Crippen LogP) is 2.15. The lowest BCUT2D eigenvalue weighted by atomic mass is 10.3. The average Bonchev–Trinajstić information content (AvgIpc) is 2.91. The molecule has 1 amide bonds. The number of aromatic amines is 1. The number of benzene rings is 1. The highest BCUT2D eigenvalue weighted by molar-refractivity contribution is 6.30. The second-order valence-electron chi connectivity index (χ2n) is 4.01. The molecule has 1 atom stereocenters. The minimum absolute atomic E-state index is 0.190. The molecular weight excluding hydrogens is 266 g/mol. The third-order valence-electron chi connectivity index (χ3n) is 2.50. The van der Waals surface area contributed by atoms with Crippen LogP contribution >= 0.6 is 11.6 Å². The van der Waals surface area contributed by atoms with E-state index in [-0.39, 0.29) is 5.91 Å². The van der Waals surface area contributed by atoms with Gasteiger partial charge in [-0.25, -0.2) is 4.98 Å². The van der Waals surface area contributed by atoms with Gasteiger partial charge in [0.05, 0.1) is 18.6 Å². The standard InChI is InChI=1S/C13H14ClN3O2/c1-9(19-12-4-2-10(14)3-5-12)13(18)16-7-11-6-15-8-17-11/h2-6,8-9H,7H2,1H3,(H,15,17)(H,16,18). The van der Waals surface area contributed by atoms with Crippen LogP contribution in [0, 0.1) is 0 Å². The molecule has 100 valence electrons. The summed E-state index contributed by atoms with van der Waals surface area (Å²) in [5.41, 5.74) is 0.840. The van der Waals surface area contributed by atoms with E-state index in [4.69, 9.17) is 16.3 Å². The summed E-state index contributed by atoms with van der Waals surface area (Å²) in [5, 5.41) is 3.38. The molecular formula is C13H14ClN3O2. The van der Waals surface area contributed by atoms with Crippen LogP contribution in [0.3, 0.4) is 0 Å². The molecule has 0 aliphatic rings. The first-order valence-corrected chi connectivity index (χ1v) is 6.20. The number of hydrogen-bond donors (Lipinski definition) is 2. The van der Waals surface area contributed by atoms with Gasteiger partial charge in [-0.3, -0.25) is 4.79 Å². The number of nitrogens with one attached hydrogen (secondary N) is 2. The number of carbonyl (C=O) groups excluding carboxylic acids is 1. The number of aromatic nitrogens is 2. The van der Waals surface area contributed by atoms with Crippen molar-refractivity contribution < 1.29 is 9.53 Å². The summed E-state index contributed by atoms with van der Waals surface area (Å²) in [6.45, 7) is 2.09. The van der Waals surface area contributed by atoms with E-state index in [1.54, 1.807) is 43.7 Å². The quantitative estimate of drug-likeness (QED) is 0.881. The molecule has 0 aliphatic heterocycles. The Bertz CT molecular complexity index is 525. The molecule has 0 bridgehead atoms. The highest BCUT2D eigenvalue weighted by Crippen LogP contribution is 2.16. The molecule has 2 N–H and O–H groups in total. The number of imidazole rings is 1. The molecule has 0 saturated carbocycles. The van der Waals surface area contributed by atoms with Crippen molar-refractivity contribution >= 4 is 17.5 Å². The summed E-state index contributed by atoms with van der Waals surface area (Å²) >= 11 is 5.77. The normalized spacial score (nSPS) is 11.9. The van der Waals surface area contributed by atoms with Crippen LogP contribution in [0.2, 0.25) is 5.02 Å². The number of hydrogen-bond acceptors (Lipinski definition) is 3. The molecule has 1 aromatic carbocycles. The molecule has 2 aromatic rings. The SMILES string of the molecule is CC(Oc1ccc(Cl)cc1)C(=O)NCc1cnc[nH]1. The predicted molar refractivity (Wildman–Crippen MR) is 72.0 cm³/mol. The molecule has 0 radical (unpaired) electrons. The number of nitrogens with zero attached hydrogens (tertiary/aromatic N) is 1. The van der Waals surface area contributed by atoms with Gasteiger partial charge in [-0.15, -0.1) is 0 Å². The zero-order valence-corrected chi connectivity index (χ0v) is 11.1. The van der Waals surface area contributed by atoms with Gasteiger partial charge in [-0.05, 0) is 31.2 Å². The van der Waals surface area contributed by atoms with Crippen molar-refractivity contribution in [3.63, 3.8) is 0 Å². The van der Waals surface area contributed by atoms with Gasteiger partial charge in [0, 0.05) is 11.2 Å². The molecule has 2 rings (SSSR count). The highest BCUT2D eigenvalue weighted by atomic mass is 35.5. The Kier molecular flexibility index (Phi) is 4.41. The fourth-order valence-corrected chi connectivity index (χ4v) is 1.60. The second-order valence-corrected chi connectivity index (χ2v) is 4.45. The van der Waals surface area contributed by atoms with Gasteiger partial charge < -0.3 is 15.0 Å². The van der Waals surface area contributed by atoms with Crippen molar-refractivity contribution in [2.24, 2.45) is 0 Å². The highest BCUT2D eigenvalue weighted by Gasteiger charge is 2.14. The molecule has 1 aromatic heterocycles. The van der Waals surface area contributed by atoms with E-state index in [0.29, 0.717) is 17.3 Å². The van der Waals surface area contributed by atoms with Gasteiger partial charge in [0.2, 0.25) is 0 Å². The molecule has 0 fully saturated rings. The van der Waals surface area contributed by atoms with Crippen LogP contribution in [-0.4, -0.2) is 22.0 Å². The molecule has 0 saturated heterocycles. The van der Waals surface area contributed by atoms with Gasteiger partial charge in [-0.2, -0.15) is 0 Å². The maximum Gasteiger partial charge on any atom is 0.261 e. The third-order valence-corrected chi connectivity index (χ3v) is 2.76. The van der Waals surface area contributed by atoms with Crippen LogP contribution in [0.5, 0.6) is 5.75 Å². The Balaban J connectivity index is 1.83. The Labute approximate surface area is 116 Å². The Morgan fingerprint density at radius 2 is 2.21 bits per heavy atom. The van der Waals surface area contributed by atoms with Crippen LogP contribution in [0.25, 0.3) is 0 Å². The summed E-state index contributed by atoms with van der Waals surface area (Å²) in [7, 11) is 0. The lowest BCUT2D eigenvalue weighted by Gasteiger charge is -2.14. The first-order chi connectivity index (χ1) is 9.15. The largest absolute Gasteiger partial charge is 0.481 e. The number of H-pyrrole nitrogens is 1. The number of amides is 1. The van der Waals surface area contributed by atoms with Gasteiger partial charge in [0.25, 0.3) is 5.91 Å². The molecule has 0 aliphatic carbocycles. The van der Waals surface area contributed by atoms with Crippen molar-refractivity contribution in [2.75, 3.05) is 0 Å². The number of halogens is 1. The van der Waals surface area contributed by atoms with Gasteiger partial charge in [0.1, 0.15) is 5.75 Å². The fraction of sp³-hybridized carbons (Fsp3) is 0.231. The number of carbonyl (C=O) groups is 1. The Morgan fingerprint density at radius 1 is 1.47 bits per heavy atom. The Hall–Kier alpha value is -2.01. The summed E-state index contributed by atoms with van der Waals surface area (Å²) in [4.78, 5) is 18.6. The van der Waals surface area contributed by atoms with Crippen LogP contribution < -0.4 is 10.1 Å². The van der Waals surface area contributed by atoms with E-state index in [2.05, 4.69) is 15.3 Å². The third kappa shape index (κ3) is 3.99. The summed E-state index contributed by atoms with van der Waals surface area (Å²) in [5.74, 6) is 0.415. The fourth-order valence-electron chi connectivity index (χ4n) is 1.48. The van der Waals surface area contributed by atoms with Crippen molar-refractivity contribution in [2.45, 2.75) is 19.6 Å². The summed E-state index contributed by atoms with van der Waals surface area (Å²) in [6.07, 6.45) is 2.64. The maximum absolute atomic E-state index is 11.8. The second kappa shape index (κ2) is 6.24. The van der Waals surface area contributed by atoms with Crippen molar-refractivity contribution in [1.82, 2.24) is 15.3 Å². The lowest BCUT2D eigenvalue weighted by molar-refractivity contribution is -0.127. The molecule has 1 unspecified atom stereocenters. The van der Waals surface area contributed by atoms with E-state index in [0.717, 1.165) is 5.69 Å². The smallest absolute Gasteiger partial charge is 0.261 e. The molecule has 6 heteroatoms. The Morgan fingerprint density at radius 3 is 2.84 bits per heavy atom. The lowest BCUT2D eigenvalue weighted by Crippen LogP contribution is -2.35. The summed E-state index contributed by atoms with van der Waals surface area (Å²) < 4.78 is 5.50. The molecule has 19 heavy (non-hydrogen) atoms. The van der Waals surface area contributed by atoms with Crippen LogP contribution in [0.15, 0.2) is 36.8 Å². The first-order valence-electron chi connectivity index (χ1n) is 5.82. The maximum atomic E-state index is 11.8. The topological polar surface area (TPSA) is 67.0 Å². The van der Waals surface area contributed by atoms with Gasteiger partial charge >= 0.3 is 0 Å². The zero-order valence-electron chi connectivity index (χ0n) is 10.4. The number of rotatable bonds is 5. The summed E-state index contributed by atoms with van der Waals surface area (Å²) in [6, 6.07) is 6.88. The van der Waals surface area contributed by atoms with E-state index in [1.807, 2.05) is 0 Å². The first kappa shape index (κ1) is 13.4. The van der Waals surface area contributed by atoms with Crippen LogP contribution in [-0.2, 0) is 11.3 Å². The van der Waals surface area contributed by atoms with Crippen molar-refractivity contribution in [3.8, 4) is 5.75 Å².